The van der Waals surface area contributed by atoms with Gasteiger partial charge < -0.3 is 5.11 Å². The molecule has 6 nitrogen and oxygen atoms in total. The van der Waals surface area contributed by atoms with Gasteiger partial charge in [0.25, 0.3) is 5.91 Å². The van der Waals surface area contributed by atoms with Crippen molar-refractivity contribution in [3.05, 3.63) is 53.4 Å². The second-order valence-corrected chi connectivity index (χ2v) is 3.49. The van der Waals surface area contributed by atoms with Crippen LogP contribution in [0.25, 0.3) is 0 Å². The maximum Gasteiger partial charge on any atom is 0.356 e. The number of carbonyl (C=O) groups excluding carboxylic acids is 1. The molecule has 19 heavy (non-hydrogen) atoms. The van der Waals surface area contributed by atoms with Crippen molar-refractivity contribution < 1.29 is 23.5 Å². The standard InChI is InChI=1S/C11H7F2N3O3/c12-6-2-1-3-7(13)9(6)10(17)15-16-5-4-8(14-16)11(18)19/h1-5H,(H,15,17)(H,18,19). The van der Waals surface area contributed by atoms with E-state index in [4.69, 9.17) is 5.11 Å². The molecule has 0 bridgehead atoms. The quantitative estimate of drug-likeness (QED) is 0.876. The van der Waals surface area contributed by atoms with Gasteiger partial charge in [-0.1, -0.05) is 6.07 Å². The number of carboxylic acids is 1. The molecule has 0 saturated heterocycles. The molecular weight excluding hydrogens is 260 g/mol. The highest BCUT2D eigenvalue weighted by Crippen LogP contribution is 2.12. The van der Waals surface area contributed by atoms with Crippen molar-refractivity contribution in [1.82, 2.24) is 9.89 Å². The van der Waals surface area contributed by atoms with Crippen molar-refractivity contribution in [2.45, 2.75) is 0 Å². The van der Waals surface area contributed by atoms with Gasteiger partial charge in [-0.2, -0.15) is 4.79 Å². The fourth-order valence-corrected chi connectivity index (χ4v) is 1.37. The summed E-state index contributed by atoms with van der Waals surface area (Å²) in [6.07, 6.45) is 1.14. The van der Waals surface area contributed by atoms with E-state index in [9.17, 15) is 18.4 Å². The van der Waals surface area contributed by atoms with Gasteiger partial charge in [0.15, 0.2) is 5.69 Å². The molecule has 0 aliphatic rings. The van der Waals surface area contributed by atoms with E-state index in [1.165, 1.54) is 0 Å². The number of carboxylic acid groups (broad SMARTS) is 1. The fraction of sp³-hybridized carbons (Fsp3) is 0. The van der Waals surface area contributed by atoms with Crippen molar-refractivity contribution >= 4 is 11.9 Å². The van der Waals surface area contributed by atoms with Gasteiger partial charge in [0.1, 0.15) is 17.2 Å². The van der Waals surface area contributed by atoms with Crippen LogP contribution in [-0.2, 0) is 0 Å². The van der Waals surface area contributed by atoms with Crippen LogP contribution in [0.3, 0.4) is 0 Å². The predicted octanol–water partition coefficient (Wildman–Crippen LogP) is 1.24. The second-order valence-electron chi connectivity index (χ2n) is 3.49. The van der Waals surface area contributed by atoms with Crippen LogP contribution in [0.15, 0.2) is 30.5 Å². The van der Waals surface area contributed by atoms with E-state index in [-0.39, 0.29) is 5.69 Å². The van der Waals surface area contributed by atoms with Crippen LogP contribution in [0.2, 0.25) is 0 Å². The maximum atomic E-state index is 13.3. The molecule has 2 N–H and O–H groups in total. The van der Waals surface area contributed by atoms with E-state index in [0.29, 0.717) is 0 Å². The minimum absolute atomic E-state index is 0.311. The molecule has 0 saturated carbocycles. The zero-order valence-electron chi connectivity index (χ0n) is 9.30. The first-order valence-corrected chi connectivity index (χ1v) is 5.03. The lowest BCUT2D eigenvalue weighted by molar-refractivity contribution is 0.0688. The Kier molecular flexibility index (Phi) is 3.23. The van der Waals surface area contributed by atoms with E-state index in [0.717, 1.165) is 35.3 Å². The molecule has 0 fully saturated rings. The van der Waals surface area contributed by atoms with E-state index in [1.54, 1.807) is 0 Å². The number of carbonyl (C=O) groups is 2. The third-order valence-corrected chi connectivity index (χ3v) is 2.21. The first-order chi connectivity index (χ1) is 8.99. The molecule has 98 valence electrons. The zero-order chi connectivity index (χ0) is 14.0. The minimum atomic E-state index is -1.29. The number of benzene rings is 1. The molecule has 1 aromatic heterocycles. The predicted molar refractivity (Wildman–Crippen MR) is 59.2 cm³/mol. The number of hydrogen-bond donors (Lipinski definition) is 2. The Morgan fingerprint density at radius 3 is 2.37 bits per heavy atom. The van der Waals surface area contributed by atoms with Crippen LogP contribution in [0, 0.1) is 11.6 Å². The lowest BCUT2D eigenvalue weighted by Crippen LogP contribution is -2.25. The third kappa shape index (κ3) is 2.57. The summed E-state index contributed by atoms with van der Waals surface area (Å²) in [6.45, 7) is 0. The number of nitrogens with one attached hydrogen (secondary N) is 1. The number of aromatic carboxylic acids is 1. The van der Waals surface area contributed by atoms with Crippen LogP contribution in [0.1, 0.15) is 20.8 Å². The average molecular weight is 267 g/mol. The number of hydrogen-bond acceptors (Lipinski definition) is 3. The Bertz CT molecular complexity index is 634. The average Bonchev–Trinajstić information content (AvgIpc) is 2.77. The fourth-order valence-electron chi connectivity index (χ4n) is 1.37. The summed E-state index contributed by atoms with van der Waals surface area (Å²) in [5.74, 6) is -4.41. The number of rotatable bonds is 3. The summed E-state index contributed by atoms with van der Waals surface area (Å²) in [7, 11) is 0. The largest absolute Gasteiger partial charge is 0.476 e. The van der Waals surface area contributed by atoms with Gasteiger partial charge in [0, 0.05) is 6.20 Å². The molecule has 2 aromatic rings. The Balaban J connectivity index is 2.23. The zero-order valence-corrected chi connectivity index (χ0v) is 9.30. The Morgan fingerprint density at radius 2 is 1.84 bits per heavy atom. The highest BCUT2D eigenvalue weighted by molar-refractivity contribution is 6.00. The van der Waals surface area contributed by atoms with E-state index in [2.05, 4.69) is 5.10 Å². The van der Waals surface area contributed by atoms with Crippen molar-refractivity contribution in [2.24, 2.45) is 0 Å². The molecule has 8 heteroatoms. The van der Waals surface area contributed by atoms with Crippen LogP contribution in [-0.4, -0.2) is 26.9 Å². The van der Waals surface area contributed by atoms with Gasteiger partial charge in [0.05, 0.1) is 0 Å². The highest BCUT2D eigenvalue weighted by atomic mass is 19.1. The lowest BCUT2D eigenvalue weighted by atomic mass is 10.2. The van der Waals surface area contributed by atoms with E-state index in [1.807, 2.05) is 5.43 Å². The maximum absolute atomic E-state index is 13.3. The van der Waals surface area contributed by atoms with Gasteiger partial charge in [0.2, 0.25) is 0 Å². The summed E-state index contributed by atoms with van der Waals surface area (Å²) < 4.78 is 26.6. The van der Waals surface area contributed by atoms with Gasteiger partial charge in [-0.25, -0.2) is 19.0 Å². The summed E-state index contributed by atoms with van der Waals surface area (Å²) in [6, 6.07) is 4.12. The van der Waals surface area contributed by atoms with Crippen LogP contribution in [0.5, 0.6) is 0 Å². The lowest BCUT2D eigenvalue weighted by Gasteiger charge is -2.06. The van der Waals surface area contributed by atoms with Crippen molar-refractivity contribution in [3.63, 3.8) is 0 Å². The topological polar surface area (TPSA) is 84.2 Å². The summed E-state index contributed by atoms with van der Waals surface area (Å²) >= 11 is 0. The van der Waals surface area contributed by atoms with Crippen molar-refractivity contribution in [3.8, 4) is 0 Å². The monoisotopic (exact) mass is 267 g/mol. The Hall–Kier alpha value is -2.77. The minimum Gasteiger partial charge on any atom is -0.476 e. The molecule has 0 unspecified atom stereocenters. The van der Waals surface area contributed by atoms with Crippen LogP contribution >= 0.6 is 0 Å². The summed E-state index contributed by atoms with van der Waals surface area (Å²) in [5.41, 5.74) is 0.959. The van der Waals surface area contributed by atoms with Gasteiger partial charge in [-0.3, -0.25) is 4.79 Å². The highest BCUT2D eigenvalue weighted by Gasteiger charge is 2.18. The summed E-state index contributed by atoms with van der Waals surface area (Å²) in [5, 5.41) is 12.1. The van der Waals surface area contributed by atoms with Crippen LogP contribution in [0.4, 0.5) is 8.78 Å². The van der Waals surface area contributed by atoms with E-state index >= 15 is 0 Å². The molecule has 0 atom stereocenters. The molecule has 0 aliphatic carbocycles. The Labute approximate surface area is 105 Å². The van der Waals surface area contributed by atoms with E-state index < -0.39 is 29.1 Å². The summed E-state index contributed by atoms with van der Waals surface area (Å²) in [4.78, 5) is 23.0. The SMILES string of the molecule is O=C(O)c1ccn(NC(=O)c2c(F)cccc2F)n1. The molecule has 0 radical (unpaired) electrons. The second kappa shape index (κ2) is 4.84. The third-order valence-electron chi connectivity index (χ3n) is 2.21. The number of aromatic nitrogens is 2. The molecule has 0 spiro atoms. The molecule has 1 heterocycles. The smallest absolute Gasteiger partial charge is 0.356 e. The first kappa shape index (κ1) is 12.7. The van der Waals surface area contributed by atoms with Gasteiger partial charge in [-0.05, 0) is 18.2 Å². The molecule has 0 aliphatic heterocycles. The van der Waals surface area contributed by atoms with Crippen LogP contribution < -0.4 is 5.43 Å². The normalized spacial score (nSPS) is 10.2. The van der Waals surface area contributed by atoms with Crippen molar-refractivity contribution in [2.75, 3.05) is 5.43 Å². The molecular formula is C11H7F2N3O3. The number of amides is 1. The first-order valence-electron chi connectivity index (χ1n) is 5.03. The van der Waals surface area contributed by atoms with Gasteiger partial charge in [-0.15, -0.1) is 5.10 Å². The molecule has 1 aromatic carbocycles. The molecule has 1 amide bonds. The Morgan fingerprint density at radius 1 is 1.21 bits per heavy atom. The number of halogens is 2. The van der Waals surface area contributed by atoms with Gasteiger partial charge >= 0.3 is 5.97 Å². The number of nitrogens with zero attached hydrogens (tertiary/aromatic N) is 2. The molecule has 2 rings (SSSR count). The van der Waals surface area contributed by atoms with Crippen molar-refractivity contribution in [1.29, 1.82) is 0 Å².